The highest BCUT2D eigenvalue weighted by Gasteiger charge is 2.35. The third kappa shape index (κ3) is 6.10. The van der Waals surface area contributed by atoms with Crippen molar-refractivity contribution in [3.63, 3.8) is 0 Å². The fraction of sp³-hybridized carbons (Fsp3) is 0.286. The summed E-state index contributed by atoms with van der Waals surface area (Å²) in [5, 5.41) is 0. The number of hydrogen-bond donors (Lipinski definition) is 0. The summed E-state index contributed by atoms with van der Waals surface area (Å²) in [6.45, 7) is 8.86. The maximum Gasteiger partial charge on any atom is 0.338 e. The van der Waals surface area contributed by atoms with E-state index in [2.05, 4.69) is 4.99 Å². The van der Waals surface area contributed by atoms with Gasteiger partial charge in [0.25, 0.3) is 5.56 Å². The molecule has 0 aliphatic carbocycles. The molecule has 0 saturated carbocycles. The van der Waals surface area contributed by atoms with Crippen molar-refractivity contribution in [1.29, 1.82) is 0 Å². The summed E-state index contributed by atoms with van der Waals surface area (Å²) in [5.74, 6) is 2.58. The highest BCUT2D eigenvalue weighted by atomic mass is 32.1. The lowest BCUT2D eigenvalue weighted by atomic mass is 9.95. The second kappa shape index (κ2) is 13.5. The van der Waals surface area contributed by atoms with Crippen LogP contribution in [-0.4, -0.2) is 37.1 Å². The lowest BCUT2D eigenvalue weighted by Gasteiger charge is -2.26. The van der Waals surface area contributed by atoms with Gasteiger partial charge in [-0.3, -0.25) is 9.36 Å². The molecule has 0 radical (unpaired) electrons. The van der Waals surface area contributed by atoms with Crippen LogP contribution in [0.2, 0.25) is 0 Å². The van der Waals surface area contributed by atoms with Gasteiger partial charge in [0.05, 0.1) is 35.6 Å². The number of fused-ring (bicyclic) bond motifs is 2. The number of nitrogens with zero attached hydrogens (tertiary/aromatic N) is 2. The van der Waals surface area contributed by atoms with Gasteiger partial charge in [-0.25, -0.2) is 9.79 Å². The average molecular weight is 643 g/mol. The van der Waals surface area contributed by atoms with Crippen LogP contribution in [0, 0.1) is 0 Å². The van der Waals surface area contributed by atoms with E-state index in [0.29, 0.717) is 74.7 Å². The number of aromatic nitrogens is 1. The highest BCUT2D eigenvalue weighted by molar-refractivity contribution is 7.07. The summed E-state index contributed by atoms with van der Waals surface area (Å²) in [7, 11) is 0. The number of carbonyl (C=O) groups excluding carboxylic acids is 1. The molecule has 2 aliphatic heterocycles. The van der Waals surface area contributed by atoms with E-state index >= 15 is 0 Å². The molecule has 1 atom stereocenters. The zero-order valence-electron chi connectivity index (χ0n) is 26.0. The fourth-order valence-electron chi connectivity index (χ4n) is 5.42. The minimum Gasteiger partial charge on any atom is -0.494 e. The van der Waals surface area contributed by atoms with Crippen LogP contribution in [0.5, 0.6) is 28.7 Å². The van der Waals surface area contributed by atoms with Crippen molar-refractivity contribution >= 4 is 23.4 Å². The van der Waals surface area contributed by atoms with Crippen molar-refractivity contribution in [3.8, 4) is 28.7 Å². The van der Waals surface area contributed by atoms with E-state index in [4.69, 9.17) is 28.4 Å². The second-order valence-corrected chi connectivity index (χ2v) is 11.4. The highest BCUT2D eigenvalue weighted by Crippen LogP contribution is 2.36. The monoisotopic (exact) mass is 642 g/mol. The SMILES string of the molecule is CCOC(=O)C1=C(C)N=c2s/c(=C\c3ccc(OCc4ccc5c(c4)OCO5)c(OCC)c3)c(=O)n2[C@H]1c1ccccc1OCC. The van der Waals surface area contributed by atoms with Crippen LogP contribution in [0.3, 0.4) is 0 Å². The summed E-state index contributed by atoms with van der Waals surface area (Å²) >= 11 is 1.25. The standard InChI is InChI=1S/C35H34N2O8S/c1-5-40-25-11-9-8-10-24(25)32-31(34(39)42-7-3)21(4)36-35-37(32)33(38)30(46-35)18-22-12-14-26(28(16-22)41-6-2)43-19-23-13-15-27-29(17-23)45-20-44-27/h8-18,32H,5-7,19-20H2,1-4H3/b30-18-/t32-/m0/s1. The van der Waals surface area contributed by atoms with Gasteiger partial charge >= 0.3 is 5.97 Å². The van der Waals surface area contributed by atoms with Gasteiger partial charge in [-0.2, -0.15) is 0 Å². The summed E-state index contributed by atoms with van der Waals surface area (Å²) in [4.78, 5) is 32.5. The second-order valence-electron chi connectivity index (χ2n) is 10.4. The number of benzene rings is 3. The zero-order chi connectivity index (χ0) is 32.2. The number of allylic oxidation sites excluding steroid dienone is 1. The van der Waals surface area contributed by atoms with Gasteiger partial charge in [0, 0.05) is 5.56 Å². The van der Waals surface area contributed by atoms with E-state index in [1.807, 2.05) is 74.5 Å². The van der Waals surface area contributed by atoms with E-state index in [9.17, 15) is 9.59 Å². The summed E-state index contributed by atoms with van der Waals surface area (Å²) in [5.41, 5.74) is 2.86. The van der Waals surface area contributed by atoms with Crippen molar-refractivity contribution < 1.29 is 33.2 Å². The predicted octanol–water partition coefficient (Wildman–Crippen LogP) is 4.90. The number of ether oxygens (including phenoxy) is 6. The lowest BCUT2D eigenvalue weighted by Crippen LogP contribution is -2.40. The number of rotatable bonds is 11. The Morgan fingerprint density at radius 1 is 0.935 bits per heavy atom. The van der Waals surface area contributed by atoms with Gasteiger partial charge in [-0.05, 0) is 75.2 Å². The summed E-state index contributed by atoms with van der Waals surface area (Å²) in [6.07, 6.45) is 1.79. The van der Waals surface area contributed by atoms with Crippen LogP contribution in [0.15, 0.2) is 81.7 Å². The Hall–Kier alpha value is -5.03. The third-order valence-electron chi connectivity index (χ3n) is 7.43. The molecule has 0 spiro atoms. The Morgan fingerprint density at radius 2 is 1.72 bits per heavy atom. The van der Waals surface area contributed by atoms with E-state index in [0.717, 1.165) is 11.1 Å². The number of thiazole rings is 1. The van der Waals surface area contributed by atoms with Gasteiger partial charge < -0.3 is 28.4 Å². The van der Waals surface area contributed by atoms with Crippen LogP contribution in [0.4, 0.5) is 0 Å². The Labute approximate surface area is 269 Å². The smallest absolute Gasteiger partial charge is 0.338 e. The molecular formula is C35H34N2O8S. The molecule has 46 heavy (non-hydrogen) atoms. The molecular weight excluding hydrogens is 608 g/mol. The molecule has 0 unspecified atom stereocenters. The molecule has 0 fully saturated rings. The molecule has 3 heterocycles. The first-order chi connectivity index (χ1) is 22.4. The van der Waals surface area contributed by atoms with E-state index in [1.165, 1.54) is 11.3 Å². The molecule has 10 nitrogen and oxygen atoms in total. The van der Waals surface area contributed by atoms with Crippen LogP contribution in [0.25, 0.3) is 6.08 Å². The third-order valence-corrected chi connectivity index (χ3v) is 8.41. The van der Waals surface area contributed by atoms with Crippen molar-refractivity contribution in [3.05, 3.63) is 108 Å². The average Bonchev–Trinajstić information content (AvgIpc) is 3.64. The first kappa shape index (κ1) is 31.0. The van der Waals surface area contributed by atoms with Crippen molar-refractivity contribution in [2.24, 2.45) is 4.99 Å². The number of hydrogen-bond acceptors (Lipinski definition) is 10. The molecule has 11 heteroatoms. The minimum absolute atomic E-state index is 0.193. The van der Waals surface area contributed by atoms with Crippen LogP contribution in [-0.2, 0) is 16.1 Å². The van der Waals surface area contributed by atoms with Gasteiger partial charge in [0.1, 0.15) is 18.4 Å². The van der Waals surface area contributed by atoms with Gasteiger partial charge in [-0.15, -0.1) is 0 Å². The van der Waals surface area contributed by atoms with Crippen molar-refractivity contribution in [1.82, 2.24) is 4.57 Å². The predicted molar refractivity (Wildman–Crippen MR) is 173 cm³/mol. The Morgan fingerprint density at radius 3 is 2.52 bits per heavy atom. The fourth-order valence-corrected chi connectivity index (χ4v) is 6.47. The normalized spacial score (nSPS) is 15.3. The molecule has 4 aromatic rings. The number of esters is 1. The maximum atomic E-state index is 14.1. The molecule has 2 aliphatic rings. The molecule has 1 aromatic heterocycles. The van der Waals surface area contributed by atoms with Crippen LogP contribution < -0.4 is 38.6 Å². The van der Waals surface area contributed by atoms with E-state index < -0.39 is 12.0 Å². The molecule has 0 saturated heterocycles. The first-order valence-electron chi connectivity index (χ1n) is 15.1. The van der Waals surface area contributed by atoms with Gasteiger partial charge in [0.2, 0.25) is 6.79 Å². The Kier molecular flexibility index (Phi) is 9.11. The Balaban J connectivity index is 1.38. The molecule has 0 N–H and O–H groups in total. The summed E-state index contributed by atoms with van der Waals surface area (Å²) < 4.78 is 36.3. The number of para-hydroxylation sites is 1. The molecule has 3 aromatic carbocycles. The van der Waals surface area contributed by atoms with Crippen LogP contribution in [0.1, 0.15) is 50.4 Å². The largest absolute Gasteiger partial charge is 0.494 e. The topological polar surface area (TPSA) is 107 Å². The molecule has 6 rings (SSSR count). The minimum atomic E-state index is -0.772. The molecule has 238 valence electrons. The number of carbonyl (C=O) groups is 1. The van der Waals surface area contributed by atoms with E-state index in [-0.39, 0.29) is 19.0 Å². The van der Waals surface area contributed by atoms with Crippen molar-refractivity contribution in [2.75, 3.05) is 26.6 Å². The van der Waals surface area contributed by atoms with Crippen LogP contribution >= 0.6 is 11.3 Å². The molecule has 0 bridgehead atoms. The van der Waals surface area contributed by atoms with Gasteiger partial charge in [-0.1, -0.05) is 41.7 Å². The lowest BCUT2D eigenvalue weighted by molar-refractivity contribution is -0.139. The van der Waals surface area contributed by atoms with Crippen molar-refractivity contribution in [2.45, 2.75) is 40.3 Å². The first-order valence-corrected chi connectivity index (χ1v) is 15.9. The Bertz CT molecular complexity index is 1990. The quantitative estimate of drug-likeness (QED) is 0.213. The zero-order valence-corrected chi connectivity index (χ0v) is 26.8. The van der Waals surface area contributed by atoms with Gasteiger partial charge in [0.15, 0.2) is 27.8 Å². The maximum absolute atomic E-state index is 14.1. The van der Waals surface area contributed by atoms with E-state index in [1.54, 1.807) is 24.5 Å². The molecule has 0 amide bonds. The summed E-state index contributed by atoms with van der Waals surface area (Å²) in [6, 6.07) is 17.9.